The zero-order valence-corrected chi connectivity index (χ0v) is 11.9. The number of phenolic OH excluding ortho intramolecular Hbond substituents is 1. The Bertz CT molecular complexity index is 549. The molecule has 3 heteroatoms. The van der Waals surface area contributed by atoms with Crippen LogP contribution in [-0.4, -0.2) is 18.3 Å². The van der Waals surface area contributed by atoms with Crippen LogP contribution in [0, 0.1) is 0 Å². The molecule has 3 nitrogen and oxygen atoms in total. The van der Waals surface area contributed by atoms with E-state index >= 15 is 0 Å². The van der Waals surface area contributed by atoms with E-state index in [1.54, 1.807) is 18.2 Å². The fourth-order valence-corrected chi connectivity index (χ4v) is 1.97. The second-order valence-corrected chi connectivity index (χ2v) is 4.89. The Kier molecular flexibility index (Phi) is 4.88. The zero-order valence-electron chi connectivity index (χ0n) is 11.9. The molecule has 0 amide bonds. The molecule has 0 saturated carbocycles. The van der Waals surface area contributed by atoms with E-state index < -0.39 is 0 Å². The highest BCUT2D eigenvalue weighted by atomic mass is 16.5. The van der Waals surface area contributed by atoms with Gasteiger partial charge in [-0.15, -0.1) is 0 Å². The van der Waals surface area contributed by atoms with Gasteiger partial charge in [-0.3, -0.25) is 0 Å². The lowest BCUT2D eigenvalue weighted by atomic mass is 10.0. The highest BCUT2D eigenvalue weighted by Gasteiger charge is 2.06. The molecule has 2 aromatic carbocycles. The number of hydrogen-bond acceptors (Lipinski definition) is 3. The van der Waals surface area contributed by atoms with Gasteiger partial charge in [-0.25, -0.2) is 0 Å². The minimum Gasteiger partial charge on any atom is -0.508 e. The van der Waals surface area contributed by atoms with Crippen molar-refractivity contribution in [2.75, 3.05) is 13.2 Å². The normalized spacial score (nSPS) is 10.6. The Balaban J connectivity index is 1.84. The van der Waals surface area contributed by atoms with Crippen LogP contribution >= 0.6 is 0 Å². The number of para-hydroxylation sites is 1. The molecule has 2 aromatic rings. The molecule has 0 radical (unpaired) electrons. The molecule has 0 unspecified atom stereocenters. The van der Waals surface area contributed by atoms with Crippen LogP contribution in [-0.2, 0) is 0 Å². The summed E-state index contributed by atoms with van der Waals surface area (Å²) in [5.41, 5.74) is 1.20. The largest absolute Gasteiger partial charge is 0.508 e. The molecule has 0 spiro atoms. The van der Waals surface area contributed by atoms with Gasteiger partial charge in [-0.1, -0.05) is 38.1 Å². The lowest BCUT2D eigenvalue weighted by molar-refractivity contribution is 0.215. The van der Waals surface area contributed by atoms with Crippen molar-refractivity contribution in [3.63, 3.8) is 0 Å². The summed E-state index contributed by atoms with van der Waals surface area (Å²) in [5.74, 6) is 2.18. The van der Waals surface area contributed by atoms with Crippen LogP contribution in [0.1, 0.15) is 25.3 Å². The molecule has 20 heavy (non-hydrogen) atoms. The average molecular weight is 272 g/mol. The number of benzene rings is 2. The maximum atomic E-state index is 9.33. The van der Waals surface area contributed by atoms with Crippen molar-refractivity contribution in [3.8, 4) is 17.2 Å². The second kappa shape index (κ2) is 6.85. The Morgan fingerprint density at radius 2 is 1.70 bits per heavy atom. The Hall–Kier alpha value is -2.16. The molecular formula is C17H20O3. The Labute approximate surface area is 119 Å². The average Bonchev–Trinajstić information content (AvgIpc) is 2.44. The molecule has 0 heterocycles. The van der Waals surface area contributed by atoms with Gasteiger partial charge in [0.25, 0.3) is 0 Å². The van der Waals surface area contributed by atoms with E-state index in [-0.39, 0.29) is 5.75 Å². The van der Waals surface area contributed by atoms with Gasteiger partial charge in [0.15, 0.2) is 0 Å². The number of ether oxygens (including phenoxy) is 2. The number of phenols is 1. The Morgan fingerprint density at radius 1 is 0.950 bits per heavy atom. The fourth-order valence-electron chi connectivity index (χ4n) is 1.97. The van der Waals surface area contributed by atoms with Crippen LogP contribution < -0.4 is 9.47 Å². The zero-order chi connectivity index (χ0) is 14.4. The summed E-state index contributed by atoms with van der Waals surface area (Å²) < 4.78 is 11.3. The van der Waals surface area contributed by atoms with Crippen molar-refractivity contribution in [3.05, 3.63) is 54.1 Å². The van der Waals surface area contributed by atoms with E-state index in [4.69, 9.17) is 9.47 Å². The van der Waals surface area contributed by atoms with Crippen molar-refractivity contribution in [1.29, 1.82) is 0 Å². The molecule has 0 bridgehead atoms. The molecule has 0 atom stereocenters. The Morgan fingerprint density at radius 3 is 2.45 bits per heavy atom. The van der Waals surface area contributed by atoms with E-state index in [9.17, 15) is 5.11 Å². The van der Waals surface area contributed by atoms with Crippen LogP contribution in [0.2, 0.25) is 0 Å². The van der Waals surface area contributed by atoms with Crippen molar-refractivity contribution < 1.29 is 14.6 Å². The van der Waals surface area contributed by atoms with E-state index in [0.29, 0.717) is 24.9 Å². The van der Waals surface area contributed by atoms with Gasteiger partial charge in [0, 0.05) is 6.07 Å². The van der Waals surface area contributed by atoms with Crippen molar-refractivity contribution >= 4 is 0 Å². The molecule has 106 valence electrons. The topological polar surface area (TPSA) is 38.7 Å². The minimum absolute atomic E-state index is 0.202. The summed E-state index contributed by atoms with van der Waals surface area (Å²) >= 11 is 0. The first-order chi connectivity index (χ1) is 9.66. The molecule has 0 aliphatic heterocycles. The van der Waals surface area contributed by atoms with Crippen molar-refractivity contribution in [1.82, 2.24) is 0 Å². The fraction of sp³-hybridized carbons (Fsp3) is 0.294. The lowest BCUT2D eigenvalue weighted by Crippen LogP contribution is -2.10. The molecule has 2 rings (SSSR count). The number of hydrogen-bond donors (Lipinski definition) is 1. The van der Waals surface area contributed by atoms with Crippen LogP contribution in [0.4, 0.5) is 0 Å². The van der Waals surface area contributed by atoms with Crippen molar-refractivity contribution in [2.24, 2.45) is 0 Å². The monoisotopic (exact) mass is 272 g/mol. The molecular weight excluding hydrogens is 252 g/mol. The summed E-state index contributed by atoms with van der Waals surface area (Å²) in [6.45, 7) is 5.20. The highest BCUT2D eigenvalue weighted by Crippen LogP contribution is 2.25. The lowest BCUT2D eigenvalue weighted by Gasteiger charge is -2.14. The van der Waals surface area contributed by atoms with Gasteiger partial charge in [0.05, 0.1) is 0 Å². The third-order valence-electron chi connectivity index (χ3n) is 2.97. The summed E-state index contributed by atoms with van der Waals surface area (Å²) in [6, 6.07) is 14.8. The molecule has 0 aliphatic rings. The van der Waals surface area contributed by atoms with Crippen LogP contribution in [0.25, 0.3) is 0 Å². The van der Waals surface area contributed by atoms with E-state index in [1.807, 2.05) is 24.3 Å². The maximum absolute atomic E-state index is 9.33. The van der Waals surface area contributed by atoms with E-state index in [2.05, 4.69) is 19.9 Å². The number of aromatic hydroxyl groups is 1. The standard InChI is InChI=1S/C17H20O3/c1-13(2)16-8-3-4-9-17(16)20-11-10-19-15-7-5-6-14(18)12-15/h3-9,12-13,18H,10-11H2,1-2H3. The second-order valence-electron chi connectivity index (χ2n) is 4.89. The van der Waals surface area contributed by atoms with Gasteiger partial charge < -0.3 is 14.6 Å². The van der Waals surface area contributed by atoms with Gasteiger partial charge in [0.1, 0.15) is 30.5 Å². The van der Waals surface area contributed by atoms with Gasteiger partial charge >= 0.3 is 0 Å². The third kappa shape index (κ3) is 3.92. The summed E-state index contributed by atoms with van der Waals surface area (Å²) in [5, 5.41) is 9.33. The smallest absolute Gasteiger partial charge is 0.123 e. The van der Waals surface area contributed by atoms with E-state index in [1.165, 1.54) is 5.56 Å². The van der Waals surface area contributed by atoms with Gasteiger partial charge in [-0.2, -0.15) is 0 Å². The summed E-state index contributed by atoms with van der Waals surface area (Å²) in [6.07, 6.45) is 0. The highest BCUT2D eigenvalue weighted by molar-refractivity contribution is 5.35. The van der Waals surface area contributed by atoms with Crippen molar-refractivity contribution in [2.45, 2.75) is 19.8 Å². The predicted molar refractivity (Wildman–Crippen MR) is 79.6 cm³/mol. The maximum Gasteiger partial charge on any atom is 0.123 e. The summed E-state index contributed by atoms with van der Waals surface area (Å²) in [4.78, 5) is 0. The van der Waals surface area contributed by atoms with Crippen LogP contribution in [0.15, 0.2) is 48.5 Å². The van der Waals surface area contributed by atoms with E-state index in [0.717, 1.165) is 5.75 Å². The number of rotatable bonds is 6. The summed E-state index contributed by atoms with van der Waals surface area (Å²) in [7, 11) is 0. The van der Waals surface area contributed by atoms with Gasteiger partial charge in [-0.05, 0) is 29.7 Å². The van der Waals surface area contributed by atoms with Crippen LogP contribution in [0.5, 0.6) is 17.2 Å². The molecule has 0 saturated heterocycles. The first-order valence-corrected chi connectivity index (χ1v) is 6.80. The SMILES string of the molecule is CC(C)c1ccccc1OCCOc1cccc(O)c1. The predicted octanol–water partition coefficient (Wildman–Crippen LogP) is 3.97. The first-order valence-electron chi connectivity index (χ1n) is 6.80. The molecule has 0 aromatic heterocycles. The van der Waals surface area contributed by atoms with Crippen LogP contribution in [0.3, 0.4) is 0 Å². The first kappa shape index (κ1) is 14.3. The molecule has 0 fully saturated rings. The quantitative estimate of drug-likeness (QED) is 0.809. The van der Waals surface area contributed by atoms with Gasteiger partial charge in [0.2, 0.25) is 0 Å². The molecule has 0 aliphatic carbocycles. The minimum atomic E-state index is 0.202. The molecule has 1 N–H and O–H groups in total. The third-order valence-corrected chi connectivity index (χ3v) is 2.97.